The van der Waals surface area contributed by atoms with E-state index in [1.54, 1.807) is 14.2 Å². The number of hydrogen-bond acceptors (Lipinski definition) is 2. The number of rotatable bonds is 3. The first kappa shape index (κ1) is 11.7. The summed E-state index contributed by atoms with van der Waals surface area (Å²) in [5.74, 6) is 1.66. The fourth-order valence-electron chi connectivity index (χ4n) is 1.30. The van der Waals surface area contributed by atoms with Crippen LogP contribution in [0.15, 0.2) is 18.2 Å². The van der Waals surface area contributed by atoms with Crippen molar-refractivity contribution in [3.05, 3.63) is 18.2 Å². The molecule has 0 aliphatic heterocycles. The summed E-state index contributed by atoms with van der Waals surface area (Å²) in [6, 6.07) is 6.28. The molecule has 3 heteroatoms. The van der Waals surface area contributed by atoms with Crippen LogP contribution in [0.1, 0.15) is 0 Å². The van der Waals surface area contributed by atoms with Gasteiger partial charge in [-0.3, -0.25) is 0 Å². The van der Waals surface area contributed by atoms with Crippen LogP contribution in [0, 0.1) is 0 Å². The molecule has 1 aromatic rings. The van der Waals surface area contributed by atoms with E-state index < -0.39 is 18.4 Å². The standard InChI is InChI=1S/C8H9O2.3CH3.Sn/c1-9-7-5-3-4-6-8(7)10-2;;;;/h3,5-6H,1-2H3;3*1H3;. The van der Waals surface area contributed by atoms with E-state index in [1.165, 1.54) is 3.58 Å². The van der Waals surface area contributed by atoms with Gasteiger partial charge < -0.3 is 0 Å². The number of ether oxygens (including phenoxy) is 2. The van der Waals surface area contributed by atoms with Crippen LogP contribution >= 0.6 is 0 Å². The van der Waals surface area contributed by atoms with Gasteiger partial charge in [0, 0.05) is 0 Å². The van der Waals surface area contributed by atoms with Gasteiger partial charge in [-0.2, -0.15) is 0 Å². The maximum atomic E-state index is 5.28. The molecule has 0 heterocycles. The Hall–Kier alpha value is -0.381. The van der Waals surface area contributed by atoms with Gasteiger partial charge in [-0.05, 0) is 0 Å². The zero-order chi connectivity index (χ0) is 10.8. The van der Waals surface area contributed by atoms with Crippen molar-refractivity contribution in [2.45, 2.75) is 14.8 Å². The Morgan fingerprint density at radius 1 is 0.929 bits per heavy atom. The first-order valence-electron chi connectivity index (χ1n) is 4.71. The number of hydrogen-bond donors (Lipinski definition) is 0. The third-order valence-electron chi connectivity index (χ3n) is 2.25. The minimum atomic E-state index is -1.96. The van der Waals surface area contributed by atoms with Gasteiger partial charge in [-0.15, -0.1) is 0 Å². The summed E-state index contributed by atoms with van der Waals surface area (Å²) in [5.41, 5.74) is 0. The molecule has 0 aliphatic carbocycles. The van der Waals surface area contributed by atoms with Crippen LogP contribution < -0.4 is 13.1 Å². The summed E-state index contributed by atoms with van der Waals surface area (Å²) in [6.07, 6.45) is 0. The maximum absolute atomic E-state index is 5.28. The predicted molar refractivity (Wildman–Crippen MR) is 62.5 cm³/mol. The van der Waals surface area contributed by atoms with Crippen LogP contribution in [0.3, 0.4) is 0 Å². The Labute approximate surface area is 90.1 Å². The Morgan fingerprint density at radius 3 is 1.93 bits per heavy atom. The van der Waals surface area contributed by atoms with E-state index in [0.717, 1.165) is 11.5 Å². The summed E-state index contributed by atoms with van der Waals surface area (Å²) in [4.78, 5) is 7.15. The van der Waals surface area contributed by atoms with E-state index in [-0.39, 0.29) is 0 Å². The molecule has 2 nitrogen and oxygen atoms in total. The van der Waals surface area contributed by atoms with Crippen molar-refractivity contribution >= 4 is 22.0 Å². The molecule has 0 amide bonds. The molecule has 14 heavy (non-hydrogen) atoms. The van der Waals surface area contributed by atoms with Crippen LogP contribution in [0.5, 0.6) is 11.5 Å². The quantitative estimate of drug-likeness (QED) is 0.797. The molecule has 0 saturated heterocycles. The summed E-state index contributed by atoms with van der Waals surface area (Å²) >= 11 is -1.96. The summed E-state index contributed by atoms with van der Waals surface area (Å²) < 4.78 is 11.9. The third kappa shape index (κ3) is 2.56. The topological polar surface area (TPSA) is 18.5 Å². The molecule has 0 bridgehead atoms. The van der Waals surface area contributed by atoms with Crippen molar-refractivity contribution in [1.82, 2.24) is 0 Å². The molecule has 0 spiro atoms. The Morgan fingerprint density at radius 2 is 1.50 bits per heavy atom. The van der Waals surface area contributed by atoms with E-state index in [9.17, 15) is 0 Å². The van der Waals surface area contributed by atoms with Gasteiger partial charge in [0.25, 0.3) is 0 Å². The van der Waals surface area contributed by atoms with E-state index in [1.807, 2.05) is 6.07 Å². The normalized spacial score (nSPS) is 11.2. The van der Waals surface area contributed by atoms with Crippen LogP contribution in [0.2, 0.25) is 14.8 Å². The molecule has 1 aromatic carbocycles. The van der Waals surface area contributed by atoms with Gasteiger partial charge in [0.15, 0.2) is 0 Å². The fourth-order valence-corrected chi connectivity index (χ4v) is 4.58. The molecular weight excluding hydrogens is 283 g/mol. The summed E-state index contributed by atoms with van der Waals surface area (Å²) in [5, 5.41) is 0. The van der Waals surface area contributed by atoms with Gasteiger partial charge in [-0.25, -0.2) is 0 Å². The Balaban J connectivity index is 3.14. The zero-order valence-corrected chi connectivity index (χ0v) is 12.4. The van der Waals surface area contributed by atoms with Crippen molar-refractivity contribution in [2.24, 2.45) is 0 Å². The van der Waals surface area contributed by atoms with Gasteiger partial charge in [-0.1, -0.05) is 0 Å². The minimum absolute atomic E-state index is 0.812. The molecule has 78 valence electrons. The Kier molecular flexibility index (Phi) is 3.70. The number of benzene rings is 1. The third-order valence-corrected chi connectivity index (χ3v) is 8.08. The second kappa shape index (κ2) is 4.43. The van der Waals surface area contributed by atoms with E-state index >= 15 is 0 Å². The molecule has 0 unspecified atom stereocenters. The van der Waals surface area contributed by atoms with Crippen LogP contribution in [0.4, 0.5) is 0 Å². The van der Waals surface area contributed by atoms with Crippen LogP contribution in [-0.2, 0) is 0 Å². The van der Waals surface area contributed by atoms with Crippen molar-refractivity contribution in [2.75, 3.05) is 14.2 Å². The molecule has 0 aromatic heterocycles. The predicted octanol–water partition coefficient (Wildman–Crippen LogP) is 2.25. The van der Waals surface area contributed by atoms with Gasteiger partial charge in [0.05, 0.1) is 0 Å². The summed E-state index contributed by atoms with van der Waals surface area (Å²) in [7, 11) is 3.34. The molecule has 0 aliphatic rings. The van der Waals surface area contributed by atoms with E-state index in [0.29, 0.717) is 0 Å². The van der Waals surface area contributed by atoms with Gasteiger partial charge in [0.1, 0.15) is 0 Å². The second-order valence-corrected chi connectivity index (χ2v) is 18.8. The van der Waals surface area contributed by atoms with Crippen LogP contribution in [-0.4, -0.2) is 32.6 Å². The molecule has 0 N–H and O–H groups in total. The first-order chi connectivity index (χ1) is 6.49. The second-order valence-electron chi connectivity index (χ2n) is 4.32. The van der Waals surface area contributed by atoms with Crippen molar-refractivity contribution in [1.29, 1.82) is 0 Å². The monoisotopic (exact) mass is 302 g/mol. The number of methoxy groups -OCH3 is 2. The first-order valence-corrected chi connectivity index (χ1v) is 14.7. The molecule has 0 radical (unpaired) electrons. The van der Waals surface area contributed by atoms with Crippen molar-refractivity contribution < 1.29 is 9.47 Å². The summed E-state index contributed by atoms with van der Waals surface area (Å²) in [6.45, 7) is 0. The molecule has 0 saturated carbocycles. The SMILES string of the molecule is COc1cc[c]([Sn]([CH3])([CH3])[CH3])cc1OC. The fraction of sp³-hybridized carbons (Fsp3) is 0.455. The molecular formula is C11H18O2Sn. The molecule has 0 atom stereocenters. The molecule has 1 rings (SSSR count). The average Bonchev–Trinajstić information content (AvgIpc) is 2.15. The van der Waals surface area contributed by atoms with Gasteiger partial charge in [0.2, 0.25) is 0 Å². The van der Waals surface area contributed by atoms with E-state index in [4.69, 9.17) is 9.47 Å². The molecule has 0 fully saturated rings. The van der Waals surface area contributed by atoms with Crippen LogP contribution in [0.25, 0.3) is 0 Å². The van der Waals surface area contributed by atoms with E-state index in [2.05, 4.69) is 27.0 Å². The van der Waals surface area contributed by atoms with Crippen molar-refractivity contribution in [3.63, 3.8) is 0 Å². The van der Waals surface area contributed by atoms with Gasteiger partial charge >= 0.3 is 90.2 Å². The Bertz CT molecular complexity index is 316. The van der Waals surface area contributed by atoms with Crippen molar-refractivity contribution in [3.8, 4) is 11.5 Å². The zero-order valence-electron chi connectivity index (χ0n) is 9.55. The average molecular weight is 301 g/mol.